The Labute approximate surface area is 137 Å². The lowest BCUT2D eigenvalue weighted by atomic mass is 10.1. The topological polar surface area (TPSA) is 46.9 Å². The lowest BCUT2D eigenvalue weighted by Gasteiger charge is -2.13. The summed E-state index contributed by atoms with van der Waals surface area (Å²) in [5.74, 6) is 0.664. The smallest absolute Gasteiger partial charge is 0.249 e. The van der Waals surface area contributed by atoms with Crippen LogP contribution in [0, 0.1) is 13.8 Å². The van der Waals surface area contributed by atoms with Crippen molar-refractivity contribution in [2.45, 2.75) is 45.6 Å². The Morgan fingerprint density at radius 1 is 1.26 bits per heavy atom. The van der Waals surface area contributed by atoms with Gasteiger partial charge in [0.05, 0.1) is 12.2 Å². The van der Waals surface area contributed by atoms with Gasteiger partial charge in [0.1, 0.15) is 5.82 Å². The molecule has 1 heterocycles. The van der Waals surface area contributed by atoms with Gasteiger partial charge in [0.25, 0.3) is 0 Å². The van der Waals surface area contributed by atoms with Crippen LogP contribution in [-0.2, 0) is 4.79 Å². The highest BCUT2D eigenvalue weighted by molar-refractivity contribution is 6.01. The zero-order valence-electron chi connectivity index (χ0n) is 13.7. The maximum atomic E-state index is 12.2. The van der Waals surface area contributed by atoms with E-state index in [0.29, 0.717) is 6.04 Å². The SMILES string of the molecule is Cc1ccc(/C=C/C(=O)Nc2ccnn2C2CCCC2)c(C)c1. The number of carbonyl (C=O) groups excluding carboxylic acids is 1. The van der Waals surface area contributed by atoms with E-state index in [9.17, 15) is 4.79 Å². The number of rotatable bonds is 4. The van der Waals surface area contributed by atoms with E-state index in [-0.39, 0.29) is 5.91 Å². The molecule has 0 spiro atoms. The normalized spacial score (nSPS) is 15.4. The Balaban J connectivity index is 1.68. The molecule has 0 aliphatic heterocycles. The number of amides is 1. The number of hydrogen-bond acceptors (Lipinski definition) is 2. The Bertz CT molecular complexity index is 724. The average Bonchev–Trinajstić information content (AvgIpc) is 3.17. The zero-order valence-corrected chi connectivity index (χ0v) is 13.7. The summed E-state index contributed by atoms with van der Waals surface area (Å²) in [7, 11) is 0. The van der Waals surface area contributed by atoms with E-state index in [1.54, 1.807) is 12.3 Å². The molecule has 0 atom stereocenters. The molecule has 0 saturated heterocycles. The second-order valence-electron chi connectivity index (χ2n) is 6.28. The number of anilines is 1. The fraction of sp³-hybridized carbons (Fsp3) is 0.368. The number of nitrogens with one attached hydrogen (secondary N) is 1. The van der Waals surface area contributed by atoms with Crippen molar-refractivity contribution in [2.75, 3.05) is 5.32 Å². The summed E-state index contributed by atoms with van der Waals surface area (Å²) >= 11 is 0. The highest BCUT2D eigenvalue weighted by atomic mass is 16.1. The van der Waals surface area contributed by atoms with E-state index in [2.05, 4.69) is 36.4 Å². The zero-order chi connectivity index (χ0) is 16.2. The van der Waals surface area contributed by atoms with Crippen LogP contribution in [-0.4, -0.2) is 15.7 Å². The van der Waals surface area contributed by atoms with Crippen molar-refractivity contribution in [1.82, 2.24) is 9.78 Å². The molecule has 1 saturated carbocycles. The third-order valence-corrected chi connectivity index (χ3v) is 4.43. The van der Waals surface area contributed by atoms with Gasteiger partial charge in [-0.25, -0.2) is 4.68 Å². The number of aromatic nitrogens is 2. The van der Waals surface area contributed by atoms with Crippen LogP contribution in [0.5, 0.6) is 0 Å². The van der Waals surface area contributed by atoms with E-state index in [1.165, 1.54) is 24.0 Å². The van der Waals surface area contributed by atoms with Gasteiger partial charge in [0, 0.05) is 12.1 Å². The van der Waals surface area contributed by atoms with Gasteiger partial charge < -0.3 is 5.32 Å². The molecular formula is C19H23N3O. The maximum absolute atomic E-state index is 12.2. The molecule has 1 amide bonds. The quantitative estimate of drug-likeness (QED) is 0.857. The van der Waals surface area contributed by atoms with E-state index in [0.717, 1.165) is 24.2 Å². The summed E-state index contributed by atoms with van der Waals surface area (Å²) in [4.78, 5) is 12.2. The van der Waals surface area contributed by atoms with Crippen LogP contribution in [0.3, 0.4) is 0 Å². The van der Waals surface area contributed by atoms with E-state index in [1.807, 2.05) is 22.9 Å². The monoisotopic (exact) mass is 309 g/mol. The number of benzene rings is 1. The van der Waals surface area contributed by atoms with E-state index >= 15 is 0 Å². The Morgan fingerprint density at radius 2 is 2.04 bits per heavy atom. The molecule has 1 fully saturated rings. The third-order valence-electron chi connectivity index (χ3n) is 4.43. The second-order valence-corrected chi connectivity index (χ2v) is 6.28. The Kier molecular flexibility index (Phi) is 4.60. The highest BCUT2D eigenvalue weighted by Gasteiger charge is 2.20. The van der Waals surface area contributed by atoms with Crippen molar-refractivity contribution in [3.05, 3.63) is 53.2 Å². The summed E-state index contributed by atoms with van der Waals surface area (Å²) in [6.45, 7) is 4.12. The van der Waals surface area contributed by atoms with Crippen LogP contribution in [0.15, 0.2) is 36.5 Å². The van der Waals surface area contributed by atoms with Crippen LogP contribution in [0.2, 0.25) is 0 Å². The molecule has 4 heteroatoms. The number of hydrogen-bond donors (Lipinski definition) is 1. The van der Waals surface area contributed by atoms with E-state index < -0.39 is 0 Å². The van der Waals surface area contributed by atoms with Crippen LogP contribution >= 0.6 is 0 Å². The summed E-state index contributed by atoms with van der Waals surface area (Å²) < 4.78 is 1.95. The average molecular weight is 309 g/mol. The first-order valence-corrected chi connectivity index (χ1v) is 8.23. The van der Waals surface area contributed by atoms with Crippen molar-refractivity contribution in [3.63, 3.8) is 0 Å². The number of nitrogens with zero attached hydrogens (tertiary/aromatic N) is 2. The van der Waals surface area contributed by atoms with Gasteiger partial charge in [-0.05, 0) is 43.9 Å². The first kappa shape index (κ1) is 15.5. The molecule has 1 N–H and O–H groups in total. The highest BCUT2D eigenvalue weighted by Crippen LogP contribution is 2.31. The number of carbonyl (C=O) groups is 1. The van der Waals surface area contributed by atoms with Gasteiger partial charge in [-0.3, -0.25) is 4.79 Å². The van der Waals surface area contributed by atoms with Gasteiger partial charge in [0.15, 0.2) is 0 Å². The predicted molar refractivity (Wildman–Crippen MR) is 93.3 cm³/mol. The Morgan fingerprint density at radius 3 is 2.78 bits per heavy atom. The summed E-state index contributed by atoms with van der Waals surface area (Å²) in [6, 6.07) is 8.49. The van der Waals surface area contributed by atoms with Gasteiger partial charge in [-0.2, -0.15) is 5.10 Å². The predicted octanol–water partition coefficient (Wildman–Crippen LogP) is 4.27. The van der Waals surface area contributed by atoms with Gasteiger partial charge in [-0.1, -0.05) is 36.6 Å². The van der Waals surface area contributed by atoms with Crippen LogP contribution in [0.25, 0.3) is 6.08 Å². The maximum Gasteiger partial charge on any atom is 0.249 e. The van der Waals surface area contributed by atoms with Crippen molar-refractivity contribution in [1.29, 1.82) is 0 Å². The van der Waals surface area contributed by atoms with Gasteiger partial charge in [0.2, 0.25) is 5.91 Å². The number of aryl methyl sites for hydroxylation is 2. The largest absolute Gasteiger partial charge is 0.307 e. The molecule has 1 aliphatic carbocycles. The fourth-order valence-electron chi connectivity index (χ4n) is 3.20. The molecule has 0 radical (unpaired) electrons. The van der Waals surface area contributed by atoms with Crippen molar-refractivity contribution in [2.24, 2.45) is 0 Å². The molecule has 2 aromatic rings. The molecule has 3 rings (SSSR count). The Hall–Kier alpha value is -2.36. The van der Waals surface area contributed by atoms with Crippen molar-refractivity contribution < 1.29 is 4.79 Å². The van der Waals surface area contributed by atoms with Crippen molar-refractivity contribution in [3.8, 4) is 0 Å². The summed E-state index contributed by atoms with van der Waals surface area (Å²) in [6.07, 6.45) is 9.97. The van der Waals surface area contributed by atoms with Crippen molar-refractivity contribution >= 4 is 17.8 Å². The first-order valence-electron chi connectivity index (χ1n) is 8.23. The van der Waals surface area contributed by atoms with Crippen LogP contribution in [0.4, 0.5) is 5.82 Å². The molecular weight excluding hydrogens is 286 g/mol. The third kappa shape index (κ3) is 3.70. The minimum absolute atomic E-state index is 0.121. The molecule has 4 nitrogen and oxygen atoms in total. The molecule has 1 aromatic heterocycles. The molecule has 120 valence electrons. The minimum Gasteiger partial charge on any atom is -0.307 e. The van der Waals surface area contributed by atoms with Crippen LogP contribution in [0.1, 0.15) is 48.4 Å². The lowest BCUT2D eigenvalue weighted by Crippen LogP contribution is -2.15. The summed E-state index contributed by atoms with van der Waals surface area (Å²) in [5, 5.41) is 7.31. The van der Waals surface area contributed by atoms with Crippen LogP contribution < -0.4 is 5.32 Å². The summed E-state index contributed by atoms with van der Waals surface area (Å²) in [5.41, 5.74) is 3.46. The molecule has 0 bridgehead atoms. The lowest BCUT2D eigenvalue weighted by molar-refractivity contribution is -0.111. The molecule has 1 aliphatic rings. The fourth-order valence-corrected chi connectivity index (χ4v) is 3.20. The molecule has 1 aromatic carbocycles. The molecule has 23 heavy (non-hydrogen) atoms. The minimum atomic E-state index is -0.121. The molecule has 0 unspecified atom stereocenters. The van der Waals surface area contributed by atoms with Gasteiger partial charge in [-0.15, -0.1) is 0 Å². The van der Waals surface area contributed by atoms with E-state index in [4.69, 9.17) is 0 Å². The second kappa shape index (κ2) is 6.82. The first-order chi connectivity index (χ1) is 11.1. The standard InChI is InChI=1S/C19H23N3O/c1-14-7-8-16(15(2)13-14)9-10-19(23)21-18-11-12-20-22(18)17-5-3-4-6-17/h7-13,17H,3-6H2,1-2H3,(H,21,23)/b10-9+. The van der Waals surface area contributed by atoms with Gasteiger partial charge >= 0.3 is 0 Å².